The highest BCUT2D eigenvalue weighted by molar-refractivity contribution is 5.80. The van der Waals surface area contributed by atoms with E-state index in [-0.39, 0.29) is 12.5 Å². The molecule has 2 aromatic rings. The molecule has 0 aliphatic carbocycles. The van der Waals surface area contributed by atoms with E-state index in [0.29, 0.717) is 6.04 Å². The number of hydrogen-bond acceptors (Lipinski definition) is 3. The smallest absolute Gasteiger partial charge is 0.244 e. The van der Waals surface area contributed by atoms with E-state index in [1.165, 1.54) is 6.42 Å². The molecule has 1 saturated heterocycles. The minimum atomic E-state index is 0.142. The zero-order chi connectivity index (χ0) is 13.2. The molecule has 100 valence electrons. The number of aromatic nitrogens is 3. The highest BCUT2D eigenvalue weighted by atomic mass is 16.2. The summed E-state index contributed by atoms with van der Waals surface area (Å²) in [5.74, 6) is 0.142. The number of hydrogen-bond donors (Lipinski definition) is 0. The first-order valence-corrected chi connectivity index (χ1v) is 6.83. The third-order valence-electron chi connectivity index (χ3n) is 3.83. The van der Waals surface area contributed by atoms with E-state index in [4.69, 9.17) is 0 Å². The summed E-state index contributed by atoms with van der Waals surface area (Å²) in [6.07, 6.45) is 3.43. The van der Waals surface area contributed by atoms with E-state index in [2.05, 4.69) is 17.2 Å². The predicted octanol–water partition coefficient (Wildman–Crippen LogP) is 1.83. The van der Waals surface area contributed by atoms with E-state index in [1.807, 2.05) is 29.2 Å². The molecule has 0 spiro atoms. The first kappa shape index (κ1) is 12.1. The Labute approximate surface area is 112 Å². The van der Waals surface area contributed by atoms with Crippen molar-refractivity contribution < 1.29 is 4.79 Å². The van der Waals surface area contributed by atoms with Gasteiger partial charge in [-0.1, -0.05) is 17.3 Å². The molecule has 1 aliphatic rings. The summed E-state index contributed by atoms with van der Waals surface area (Å²) in [7, 11) is 0. The average molecular weight is 258 g/mol. The molecule has 19 heavy (non-hydrogen) atoms. The summed E-state index contributed by atoms with van der Waals surface area (Å²) in [5, 5.41) is 8.15. The van der Waals surface area contributed by atoms with E-state index >= 15 is 0 Å². The first-order valence-electron chi connectivity index (χ1n) is 6.83. The van der Waals surface area contributed by atoms with Gasteiger partial charge in [-0.25, -0.2) is 4.68 Å². The molecule has 2 heterocycles. The molecule has 1 fully saturated rings. The Bertz CT molecular complexity index is 592. The molecule has 1 aliphatic heterocycles. The molecular weight excluding hydrogens is 240 g/mol. The lowest BCUT2D eigenvalue weighted by molar-refractivity contribution is -0.135. The summed E-state index contributed by atoms with van der Waals surface area (Å²) < 4.78 is 1.69. The fourth-order valence-corrected chi connectivity index (χ4v) is 2.72. The van der Waals surface area contributed by atoms with Crippen LogP contribution in [0.2, 0.25) is 0 Å². The van der Waals surface area contributed by atoms with Crippen molar-refractivity contribution in [3.63, 3.8) is 0 Å². The van der Waals surface area contributed by atoms with E-state index in [1.54, 1.807) is 4.68 Å². The summed E-state index contributed by atoms with van der Waals surface area (Å²) in [4.78, 5) is 14.3. The van der Waals surface area contributed by atoms with Crippen molar-refractivity contribution in [2.45, 2.75) is 38.8 Å². The number of rotatable bonds is 2. The van der Waals surface area contributed by atoms with Crippen LogP contribution in [0, 0.1) is 0 Å². The highest BCUT2D eigenvalue weighted by Crippen LogP contribution is 2.17. The monoisotopic (exact) mass is 258 g/mol. The van der Waals surface area contributed by atoms with Crippen molar-refractivity contribution in [2.75, 3.05) is 6.54 Å². The Morgan fingerprint density at radius 2 is 2.21 bits per heavy atom. The molecular formula is C14H18N4O. The predicted molar refractivity (Wildman–Crippen MR) is 72.6 cm³/mol. The molecule has 1 amide bonds. The normalized spacial score (nSPS) is 19.8. The summed E-state index contributed by atoms with van der Waals surface area (Å²) >= 11 is 0. The van der Waals surface area contributed by atoms with Gasteiger partial charge in [-0.15, -0.1) is 5.10 Å². The first-order chi connectivity index (χ1) is 9.25. The molecule has 0 N–H and O–H groups in total. The zero-order valence-electron chi connectivity index (χ0n) is 11.1. The lowest BCUT2D eigenvalue weighted by atomic mass is 10.0. The molecule has 3 rings (SSSR count). The van der Waals surface area contributed by atoms with Crippen LogP contribution in [-0.2, 0) is 11.3 Å². The standard InChI is InChI=1S/C14H18N4O/c1-11-6-4-5-9-17(11)14(19)10-18-13-8-3-2-7-12(13)15-16-18/h2-3,7-8,11H,4-6,9-10H2,1H3/t11-/m1/s1. The summed E-state index contributed by atoms with van der Waals surface area (Å²) in [6, 6.07) is 8.07. The van der Waals surface area contributed by atoms with Gasteiger partial charge in [-0.3, -0.25) is 4.79 Å². The van der Waals surface area contributed by atoms with Crippen LogP contribution in [-0.4, -0.2) is 38.4 Å². The fourth-order valence-electron chi connectivity index (χ4n) is 2.72. The second-order valence-electron chi connectivity index (χ2n) is 5.17. The number of amides is 1. The largest absolute Gasteiger partial charge is 0.338 e. The third-order valence-corrected chi connectivity index (χ3v) is 3.83. The molecule has 0 radical (unpaired) electrons. The molecule has 5 heteroatoms. The van der Waals surface area contributed by atoms with Gasteiger partial charge in [0.1, 0.15) is 12.1 Å². The second kappa shape index (κ2) is 4.99. The zero-order valence-corrected chi connectivity index (χ0v) is 11.1. The van der Waals surface area contributed by atoms with Crippen LogP contribution in [0.25, 0.3) is 11.0 Å². The Morgan fingerprint density at radius 3 is 3.05 bits per heavy atom. The van der Waals surface area contributed by atoms with Crippen LogP contribution < -0.4 is 0 Å². The molecule has 0 saturated carbocycles. The fraction of sp³-hybridized carbons (Fsp3) is 0.500. The number of fused-ring (bicyclic) bond motifs is 1. The van der Waals surface area contributed by atoms with Crippen molar-refractivity contribution in [3.8, 4) is 0 Å². The van der Waals surface area contributed by atoms with Crippen molar-refractivity contribution in [1.82, 2.24) is 19.9 Å². The minimum Gasteiger partial charge on any atom is -0.338 e. The number of nitrogens with zero attached hydrogens (tertiary/aromatic N) is 4. The number of para-hydroxylation sites is 1. The van der Waals surface area contributed by atoms with Gasteiger partial charge in [0, 0.05) is 12.6 Å². The number of carbonyl (C=O) groups is 1. The van der Waals surface area contributed by atoms with Crippen LogP contribution in [0.15, 0.2) is 24.3 Å². The molecule has 0 bridgehead atoms. The van der Waals surface area contributed by atoms with Crippen molar-refractivity contribution >= 4 is 16.9 Å². The number of piperidine rings is 1. The van der Waals surface area contributed by atoms with Crippen molar-refractivity contribution in [1.29, 1.82) is 0 Å². The maximum atomic E-state index is 12.4. The van der Waals surface area contributed by atoms with Crippen molar-refractivity contribution in [3.05, 3.63) is 24.3 Å². The molecule has 0 unspecified atom stereocenters. The summed E-state index contributed by atoms with van der Waals surface area (Å²) in [6.45, 7) is 3.27. The number of carbonyl (C=O) groups excluding carboxylic acids is 1. The quantitative estimate of drug-likeness (QED) is 0.825. The van der Waals surface area contributed by atoms with Crippen LogP contribution in [0.4, 0.5) is 0 Å². The molecule has 1 aromatic carbocycles. The van der Waals surface area contributed by atoms with E-state index in [0.717, 1.165) is 30.4 Å². The Morgan fingerprint density at radius 1 is 1.37 bits per heavy atom. The maximum absolute atomic E-state index is 12.4. The maximum Gasteiger partial charge on any atom is 0.244 e. The van der Waals surface area contributed by atoms with E-state index < -0.39 is 0 Å². The van der Waals surface area contributed by atoms with Gasteiger partial charge in [-0.05, 0) is 38.3 Å². The van der Waals surface area contributed by atoms with Gasteiger partial charge in [-0.2, -0.15) is 0 Å². The third kappa shape index (κ3) is 2.32. The van der Waals surface area contributed by atoms with Crippen LogP contribution in [0.1, 0.15) is 26.2 Å². The molecule has 1 atom stereocenters. The lowest BCUT2D eigenvalue weighted by Crippen LogP contribution is -2.43. The Balaban J connectivity index is 1.79. The van der Waals surface area contributed by atoms with Gasteiger partial charge < -0.3 is 4.90 Å². The number of likely N-dealkylation sites (tertiary alicyclic amines) is 1. The van der Waals surface area contributed by atoms with Crippen LogP contribution in [0.5, 0.6) is 0 Å². The van der Waals surface area contributed by atoms with Gasteiger partial charge in [0.15, 0.2) is 0 Å². The van der Waals surface area contributed by atoms with Gasteiger partial charge in [0.2, 0.25) is 5.91 Å². The van der Waals surface area contributed by atoms with Crippen molar-refractivity contribution in [2.24, 2.45) is 0 Å². The van der Waals surface area contributed by atoms with Crippen LogP contribution >= 0.6 is 0 Å². The Kier molecular flexibility index (Phi) is 3.19. The lowest BCUT2D eigenvalue weighted by Gasteiger charge is -2.33. The highest BCUT2D eigenvalue weighted by Gasteiger charge is 2.23. The second-order valence-corrected chi connectivity index (χ2v) is 5.17. The van der Waals surface area contributed by atoms with E-state index in [9.17, 15) is 4.79 Å². The van der Waals surface area contributed by atoms with Crippen LogP contribution in [0.3, 0.4) is 0 Å². The topological polar surface area (TPSA) is 51.0 Å². The van der Waals surface area contributed by atoms with Gasteiger partial charge in [0.05, 0.1) is 5.52 Å². The Hall–Kier alpha value is -1.91. The summed E-state index contributed by atoms with van der Waals surface area (Å²) in [5.41, 5.74) is 1.75. The molecule has 5 nitrogen and oxygen atoms in total. The SMILES string of the molecule is C[C@@H]1CCCCN1C(=O)Cn1nnc2ccccc21. The average Bonchev–Trinajstić information content (AvgIpc) is 2.83. The minimum absolute atomic E-state index is 0.142. The molecule has 1 aromatic heterocycles. The van der Waals surface area contributed by atoms with Gasteiger partial charge >= 0.3 is 0 Å². The number of benzene rings is 1. The van der Waals surface area contributed by atoms with Gasteiger partial charge in [0.25, 0.3) is 0 Å².